The number of amides is 1. The van der Waals surface area contributed by atoms with Crippen molar-refractivity contribution in [3.63, 3.8) is 0 Å². The van der Waals surface area contributed by atoms with E-state index >= 15 is 0 Å². The number of rotatable bonds is 3. The summed E-state index contributed by atoms with van der Waals surface area (Å²) in [7, 11) is 0. The van der Waals surface area contributed by atoms with Gasteiger partial charge in [0.1, 0.15) is 5.82 Å². The highest BCUT2D eigenvalue weighted by Gasteiger charge is 2.25. The second-order valence-corrected chi connectivity index (χ2v) is 5.58. The molecule has 1 N–H and O–H groups in total. The Bertz CT molecular complexity index is 479. The lowest BCUT2D eigenvalue weighted by atomic mass is 10.2. The smallest absolute Gasteiger partial charge is 0.251 e. The van der Waals surface area contributed by atoms with Gasteiger partial charge in [0.2, 0.25) is 0 Å². The summed E-state index contributed by atoms with van der Waals surface area (Å²) >= 11 is 5.60. The first-order valence-electron chi connectivity index (χ1n) is 6.47. The molecule has 104 valence electrons. The zero-order chi connectivity index (χ0) is 14.0. The van der Waals surface area contributed by atoms with Crippen LogP contribution >= 0.6 is 11.6 Å². The molecule has 0 aliphatic carbocycles. The number of benzene rings is 1. The van der Waals surface area contributed by atoms with Crippen LogP contribution in [0.2, 0.25) is 5.02 Å². The zero-order valence-corrected chi connectivity index (χ0v) is 11.9. The van der Waals surface area contributed by atoms with E-state index in [0.717, 1.165) is 19.5 Å². The van der Waals surface area contributed by atoms with Gasteiger partial charge < -0.3 is 5.32 Å². The number of carbonyl (C=O) groups is 1. The lowest BCUT2D eigenvalue weighted by Gasteiger charge is -2.20. The molecular weight excluding hydrogens is 267 g/mol. The summed E-state index contributed by atoms with van der Waals surface area (Å²) in [5.74, 6) is -0.810. The standard InChI is InChI=1S/C14H18ClFN2O/c1-9(2)18-6-5-11(8-18)17-14(19)10-3-4-12(15)13(16)7-10/h3-4,7,9,11H,5-6,8H2,1-2H3,(H,17,19)/t11-/m0/s1. The first-order chi connectivity index (χ1) is 8.97. The molecule has 0 bridgehead atoms. The predicted octanol–water partition coefficient (Wildman–Crippen LogP) is 2.69. The molecule has 1 heterocycles. The Morgan fingerprint density at radius 3 is 2.84 bits per heavy atom. The molecule has 1 amide bonds. The van der Waals surface area contributed by atoms with Crippen LogP contribution in [0.25, 0.3) is 0 Å². The van der Waals surface area contributed by atoms with E-state index in [9.17, 15) is 9.18 Å². The van der Waals surface area contributed by atoms with Gasteiger partial charge in [0.05, 0.1) is 5.02 Å². The van der Waals surface area contributed by atoms with E-state index in [1.54, 1.807) is 0 Å². The summed E-state index contributed by atoms with van der Waals surface area (Å²) in [5, 5.41) is 2.97. The highest BCUT2D eigenvalue weighted by atomic mass is 35.5. The Labute approximate surface area is 117 Å². The van der Waals surface area contributed by atoms with E-state index in [0.29, 0.717) is 11.6 Å². The highest BCUT2D eigenvalue weighted by Crippen LogP contribution is 2.17. The van der Waals surface area contributed by atoms with Crippen molar-refractivity contribution >= 4 is 17.5 Å². The molecule has 1 aromatic rings. The van der Waals surface area contributed by atoms with Gasteiger partial charge in [-0.2, -0.15) is 0 Å². The third kappa shape index (κ3) is 3.45. The Hall–Kier alpha value is -1.13. The van der Waals surface area contributed by atoms with E-state index in [-0.39, 0.29) is 17.0 Å². The molecule has 1 aromatic carbocycles. The third-order valence-electron chi connectivity index (χ3n) is 3.47. The molecule has 0 aromatic heterocycles. The van der Waals surface area contributed by atoms with Crippen LogP contribution in [-0.4, -0.2) is 36.0 Å². The fraction of sp³-hybridized carbons (Fsp3) is 0.500. The Balaban J connectivity index is 1.96. The summed E-state index contributed by atoms with van der Waals surface area (Å²) in [4.78, 5) is 14.3. The molecule has 0 saturated carbocycles. The van der Waals surface area contributed by atoms with Crippen LogP contribution in [0.3, 0.4) is 0 Å². The van der Waals surface area contributed by atoms with Gasteiger partial charge in [0.25, 0.3) is 5.91 Å². The summed E-state index contributed by atoms with van der Waals surface area (Å²) < 4.78 is 13.3. The van der Waals surface area contributed by atoms with Gasteiger partial charge in [-0.3, -0.25) is 9.69 Å². The molecule has 0 unspecified atom stereocenters. The maximum absolute atomic E-state index is 13.3. The van der Waals surface area contributed by atoms with Crippen molar-refractivity contribution in [2.45, 2.75) is 32.4 Å². The van der Waals surface area contributed by atoms with Crippen LogP contribution in [0.4, 0.5) is 4.39 Å². The largest absolute Gasteiger partial charge is 0.348 e. The summed E-state index contributed by atoms with van der Waals surface area (Å²) in [6, 6.07) is 4.73. The quantitative estimate of drug-likeness (QED) is 0.926. The fourth-order valence-electron chi connectivity index (χ4n) is 2.28. The van der Waals surface area contributed by atoms with Crippen molar-refractivity contribution in [1.29, 1.82) is 0 Å². The van der Waals surface area contributed by atoms with E-state index < -0.39 is 5.82 Å². The molecule has 0 radical (unpaired) electrons. The molecule has 19 heavy (non-hydrogen) atoms. The van der Waals surface area contributed by atoms with Crippen LogP contribution < -0.4 is 5.32 Å². The monoisotopic (exact) mass is 284 g/mol. The predicted molar refractivity (Wildman–Crippen MR) is 74.0 cm³/mol. The minimum Gasteiger partial charge on any atom is -0.348 e. The number of carbonyl (C=O) groups excluding carboxylic acids is 1. The maximum atomic E-state index is 13.3. The first kappa shape index (κ1) is 14.3. The molecule has 5 heteroatoms. The van der Waals surface area contributed by atoms with Gasteiger partial charge >= 0.3 is 0 Å². The summed E-state index contributed by atoms with van der Waals surface area (Å²) in [5.41, 5.74) is 0.310. The fourth-order valence-corrected chi connectivity index (χ4v) is 2.40. The van der Waals surface area contributed by atoms with Crippen LogP contribution in [-0.2, 0) is 0 Å². The molecule has 1 atom stereocenters. The number of nitrogens with zero attached hydrogens (tertiary/aromatic N) is 1. The van der Waals surface area contributed by atoms with Crippen LogP contribution in [0.1, 0.15) is 30.6 Å². The van der Waals surface area contributed by atoms with E-state index in [1.807, 2.05) is 0 Å². The Morgan fingerprint density at radius 1 is 1.53 bits per heavy atom. The number of halogens is 2. The van der Waals surface area contributed by atoms with Crippen molar-refractivity contribution in [3.05, 3.63) is 34.6 Å². The van der Waals surface area contributed by atoms with Gasteiger partial charge in [-0.1, -0.05) is 11.6 Å². The third-order valence-corrected chi connectivity index (χ3v) is 3.77. The average Bonchev–Trinajstić information content (AvgIpc) is 2.81. The van der Waals surface area contributed by atoms with E-state index in [2.05, 4.69) is 24.1 Å². The summed E-state index contributed by atoms with van der Waals surface area (Å²) in [6.45, 7) is 6.11. The normalized spacial score (nSPS) is 19.9. The molecule has 1 aliphatic rings. The Morgan fingerprint density at radius 2 is 2.26 bits per heavy atom. The minimum absolute atomic E-state index is 0.0309. The molecule has 1 aliphatic heterocycles. The number of hydrogen-bond acceptors (Lipinski definition) is 2. The second kappa shape index (κ2) is 5.88. The van der Waals surface area contributed by atoms with Crippen molar-refractivity contribution in [2.75, 3.05) is 13.1 Å². The summed E-state index contributed by atoms with van der Waals surface area (Å²) in [6.07, 6.45) is 0.931. The molecule has 2 rings (SSSR count). The van der Waals surface area contributed by atoms with Gasteiger partial charge in [-0.25, -0.2) is 4.39 Å². The minimum atomic E-state index is -0.565. The maximum Gasteiger partial charge on any atom is 0.251 e. The first-order valence-corrected chi connectivity index (χ1v) is 6.85. The van der Waals surface area contributed by atoms with E-state index in [1.165, 1.54) is 18.2 Å². The van der Waals surface area contributed by atoms with Crippen LogP contribution in [0.15, 0.2) is 18.2 Å². The van der Waals surface area contributed by atoms with Crippen molar-refractivity contribution in [1.82, 2.24) is 10.2 Å². The molecule has 1 fully saturated rings. The average molecular weight is 285 g/mol. The van der Waals surface area contributed by atoms with Gasteiger partial charge in [-0.15, -0.1) is 0 Å². The van der Waals surface area contributed by atoms with Crippen molar-refractivity contribution in [3.8, 4) is 0 Å². The lowest BCUT2D eigenvalue weighted by Crippen LogP contribution is -2.38. The number of likely N-dealkylation sites (tertiary alicyclic amines) is 1. The van der Waals surface area contributed by atoms with Crippen LogP contribution in [0.5, 0.6) is 0 Å². The van der Waals surface area contributed by atoms with Crippen molar-refractivity contribution < 1.29 is 9.18 Å². The Kier molecular flexibility index (Phi) is 4.42. The molecular formula is C14H18ClFN2O. The molecule has 3 nitrogen and oxygen atoms in total. The van der Waals surface area contributed by atoms with Gasteiger partial charge in [-0.05, 0) is 38.5 Å². The van der Waals surface area contributed by atoms with Gasteiger partial charge in [0, 0.05) is 30.7 Å². The second-order valence-electron chi connectivity index (χ2n) is 5.18. The van der Waals surface area contributed by atoms with Crippen LogP contribution in [0, 0.1) is 5.82 Å². The number of nitrogens with one attached hydrogen (secondary N) is 1. The highest BCUT2D eigenvalue weighted by molar-refractivity contribution is 6.30. The number of hydrogen-bond donors (Lipinski definition) is 1. The van der Waals surface area contributed by atoms with Crippen molar-refractivity contribution in [2.24, 2.45) is 0 Å². The molecule has 1 saturated heterocycles. The van der Waals surface area contributed by atoms with E-state index in [4.69, 9.17) is 11.6 Å². The van der Waals surface area contributed by atoms with Gasteiger partial charge in [0.15, 0.2) is 0 Å². The zero-order valence-electron chi connectivity index (χ0n) is 11.1. The molecule has 0 spiro atoms. The topological polar surface area (TPSA) is 32.3 Å². The SMILES string of the molecule is CC(C)N1CC[C@H](NC(=O)c2ccc(Cl)c(F)c2)C1. The lowest BCUT2D eigenvalue weighted by molar-refractivity contribution is 0.0936.